The quantitative estimate of drug-likeness (QED) is 0.0331. The Bertz CT molecular complexity index is 704. The highest BCUT2D eigenvalue weighted by molar-refractivity contribution is 7.47. The number of carbonyl (C=O) groups excluding carboxylic acids is 2. The van der Waals surface area contributed by atoms with Crippen LogP contribution in [0.25, 0.3) is 0 Å². The lowest BCUT2D eigenvalue weighted by atomic mass is 10.1. The number of esters is 1. The van der Waals surface area contributed by atoms with E-state index in [4.69, 9.17) is 13.8 Å². The average molecular weight is 606 g/mol. The first-order chi connectivity index (χ1) is 19.8. The van der Waals surface area contributed by atoms with Crippen LogP contribution < -0.4 is 5.32 Å². The second-order valence-corrected chi connectivity index (χ2v) is 12.2. The molecule has 10 heteroatoms. The van der Waals surface area contributed by atoms with E-state index in [9.17, 15) is 24.2 Å². The number of hydrogen-bond acceptors (Lipinski definition) is 7. The van der Waals surface area contributed by atoms with Crippen molar-refractivity contribution in [3.63, 3.8) is 0 Å². The van der Waals surface area contributed by atoms with Crippen LogP contribution in [0.4, 0.5) is 0 Å². The van der Waals surface area contributed by atoms with Gasteiger partial charge in [0.25, 0.3) is 0 Å². The monoisotopic (exact) mass is 605 g/mol. The van der Waals surface area contributed by atoms with Gasteiger partial charge >= 0.3 is 13.8 Å². The molecule has 0 saturated carbocycles. The molecule has 1 amide bonds. The van der Waals surface area contributed by atoms with Crippen molar-refractivity contribution >= 4 is 19.7 Å². The number of phosphoric ester groups is 1. The molecule has 242 valence electrons. The second kappa shape index (κ2) is 28.9. The Labute approximate surface area is 249 Å². The number of allylic oxidation sites excluding steroid dienone is 2. The standard InChI is InChI=1S/C31H60NO8P/c1-3-5-6-7-8-9-10-11-12-13-14-15-16-17-18-19-20-21-22-24-31(35)38-27-29(33)28-40-41(36,37)39-26-25-32-30(34)23-4-2/h11-12,29,33H,3-10,13-28H2,1-2H3,(H,32,34)(H,36,37)/b12-11+. The van der Waals surface area contributed by atoms with E-state index in [2.05, 4.69) is 24.4 Å². The van der Waals surface area contributed by atoms with Gasteiger partial charge in [0, 0.05) is 19.4 Å². The SMILES string of the molecule is CCCCCCCC/C=C/CCCCCCCCCCCC(=O)OCC(O)COP(=O)(O)OCCNC(=O)CCC. The molecule has 3 N–H and O–H groups in total. The van der Waals surface area contributed by atoms with Crippen LogP contribution in [0.3, 0.4) is 0 Å². The maximum absolute atomic E-state index is 11.9. The van der Waals surface area contributed by atoms with Gasteiger partial charge in [0.2, 0.25) is 5.91 Å². The van der Waals surface area contributed by atoms with Crippen LogP contribution in [-0.2, 0) is 27.9 Å². The van der Waals surface area contributed by atoms with Gasteiger partial charge in [-0.2, -0.15) is 0 Å². The van der Waals surface area contributed by atoms with Crippen molar-refractivity contribution < 1.29 is 37.9 Å². The Balaban J connectivity index is 3.52. The summed E-state index contributed by atoms with van der Waals surface area (Å²) in [6.45, 7) is 3.17. The topological polar surface area (TPSA) is 131 Å². The van der Waals surface area contributed by atoms with Gasteiger partial charge in [-0.05, 0) is 38.5 Å². The number of rotatable bonds is 30. The highest BCUT2D eigenvalue weighted by atomic mass is 31.2. The van der Waals surface area contributed by atoms with Gasteiger partial charge in [-0.1, -0.05) is 103 Å². The number of aliphatic hydroxyl groups is 1. The van der Waals surface area contributed by atoms with E-state index in [0.29, 0.717) is 12.8 Å². The first-order valence-corrected chi connectivity index (χ1v) is 17.7. The molecule has 2 atom stereocenters. The fourth-order valence-electron chi connectivity index (χ4n) is 4.24. The van der Waals surface area contributed by atoms with E-state index in [1.165, 1.54) is 89.9 Å². The van der Waals surface area contributed by atoms with Crippen molar-refractivity contribution in [3.05, 3.63) is 12.2 Å². The summed E-state index contributed by atoms with van der Waals surface area (Å²) in [4.78, 5) is 32.8. The molecule has 0 spiro atoms. The first kappa shape index (κ1) is 39.8. The molecule has 0 fully saturated rings. The Kier molecular flexibility index (Phi) is 28.0. The third kappa shape index (κ3) is 30.0. The van der Waals surface area contributed by atoms with Gasteiger partial charge in [-0.25, -0.2) is 4.57 Å². The lowest BCUT2D eigenvalue weighted by Gasteiger charge is -2.15. The molecule has 0 aromatic carbocycles. The fourth-order valence-corrected chi connectivity index (χ4v) is 5.00. The van der Waals surface area contributed by atoms with Crippen molar-refractivity contribution in [2.75, 3.05) is 26.4 Å². The molecule has 2 unspecified atom stereocenters. The zero-order valence-electron chi connectivity index (χ0n) is 26.0. The van der Waals surface area contributed by atoms with E-state index < -0.39 is 26.5 Å². The molecule has 0 saturated heterocycles. The summed E-state index contributed by atoms with van der Waals surface area (Å²) in [5.74, 6) is -0.572. The molecule has 9 nitrogen and oxygen atoms in total. The van der Waals surface area contributed by atoms with Gasteiger partial charge in [-0.15, -0.1) is 0 Å². The number of phosphoric acid groups is 1. The first-order valence-electron chi connectivity index (χ1n) is 16.2. The minimum Gasteiger partial charge on any atom is -0.463 e. The zero-order chi connectivity index (χ0) is 30.4. The number of amides is 1. The van der Waals surface area contributed by atoms with Gasteiger partial charge < -0.3 is 20.1 Å². The van der Waals surface area contributed by atoms with Crippen LogP contribution in [0.5, 0.6) is 0 Å². The molecule has 0 rings (SSSR count). The Morgan fingerprint density at radius 3 is 1.83 bits per heavy atom. The van der Waals surface area contributed by atoms with Gasteiger partial charge in [0.15, 0.2) is 0 Å². The van der Waals surface area contributed by atoms with Gasteiger partial charge in [0.05, 0.1) is 13.2 Å². The molecule has 0 heterocycles. The van der Waals surface area contributed by atoms with Crippen LogP contribution in [0.1, 0.15) is 142 Å². The van der Waals surface area contributed by atoms with Crippen molar-refractivity contribution in [2.24, 2.45) is 0 Å². The molecule has 0 radical (unpaired) electrons. The van der Waals surface area contributed by atoms with Crippen LogP contribution >= 0.6 is 7.82 Å². The summed E-state index contributed by atoms with van der Waals surface area (Å²) in [5, 5.41) is 12.4. The predicted molar refractivity (Wildman–Crippen MR) is 165 cm³/mol. The van der Waals surface area contributed by atoms with Crippen molar-refractivity contribution in [3.8, 4) is 0 Å². The lowest BCUT2D eigenvalue weighted by molar-refractivity contribution is -0.147. The molecule has 41 heavy (non-hydrogen) atoms. The van der Waals surface area contributed by atoms with Gasteiger partial charge in [-0.3, -0.25) is 18.6 Å². The Morgan fingerprint density at radius 2 is 1.27 bits per heavy atom. The summed E-state index contributed by atoms with van der Waals surface area (Å²) in [6.07, 6.45) is 25.8. The predicted octanol–water partition coefficient (Wildman–Crippen LogP) is 7.54. The van der Waals surface area contributed by atoms with E-state index in [1.54, 1.807) is 0 Å². The number of unbranched alkanes of at least 4 members (excludes halogenated alkanes) is 15. The van der Waals surface area contributed by atoms with Crippen molar-refractivity contribution in [1.82, 2.24) is 5.32 Å². The Hall–Kier alpha value is -1.25. The minimum absolute atomic E-state index is 0.0738. The summed E-state index contributed by atoms with van der Waals surface area (Å²) in [5.41, 5.74) is 0. The number of nitrogens with one attached hydrogen (secondary N) is 1. The van der Waals surface area contributed by atoms with Crippen LogP contribution in [-0.4, -0.2) is 54.3 Å². The molecule has 0 aliphatic heterocycles. The number of ether oxygens (including phenoxy) is 1. The van der Waals surface area contributed by atoms with Gasteiger partial charge in [0.1, 0.15) is 12.7 Å². The fraction of sp³-hybridized carbons (Fsp3) is 0.871. The smallest absolute Gasteiger partial charge is 0.463 e. The van der Waals surface area contributed by atoms with E-state index >= 15 is 0 Å². The van der Waals surface area contributed by atoms with Crippen LogP contribution in [0, 0.1) is 0 Å². The Morgan fingerprint density at radius 1 is 0.732 bits per heavy atom. The molecular weight excluding hydrogens is 545 g/mol. The molecule has 0 bridgehead atoms. The number of carbonyl (C=O) groups is 2. The molecule has 0 aromatic heterocycles. The summed E-state index contributed by atoms with van der Waals surface area (Å²) >= 11 is 0. The molecule has 0 aliphatic carbocycles. The third-order valence-corrected chi connectivity index (χ3v) is 7.65. The molecular formula is C31H60NO8P. The highest BCUT2D eigenvalue weighted by Crippen LogP contribution is 2.42. The van der Waals surface area contributed by atoms with E-state index in [1.807, 2.05) is 6.92 Å². The van der Waals surface area contributed by atoms with Crippen molar-refractivity contribution in [1.29, 1.82) is 0 Å². The molecule has 0 aliphatic rings. The van der Waals surface area contributed by atoms with Crippen LogP contribution in [0.2, 0.25) is 0 Å². The minimum atomic E-state index is -4.37. The summed E-state index contributed by atoms with van der Waals surface area (Å²) in [7, 11) is -4.37. The second-order valence-electron chi connectivity index (χ2n) is 10.8. The number of hydrogen-bond donors (Lipinski definition) is 3. The average Bonchev–Trinajstić information content (AvgIpc) is 2.94. The largest absolute Gasteiger partial charge is 0.472 e. The third-order valence-electron chi connectivity index (χ3n) is 6.67. The molecule has 0 aromatic rings. The van der Waals surface area contributed by atoms with Crippen LogP contribution in [0.15, 0.2) is 12.2 Å². The maximum Gasteiger partial charge on any atom is 0.472 e. The normalized spacial score (nSPS) is 13.8. The lowest BCUT2D eigenvalue weighted by Crippen LogP contribution is -2.27. The van der Waals surface area contributed by atoms with E-state index in [0.717, 1.165) is 19.3 Å². The van der Waals surface area contributed by atoms with Crippen molar-refractivity contribution in [2.45, 2.75) is 148 Å². The maximum atomic E-state index is 11.9. The summed E-state index contributed by atoms with van der Waals surface area (Å²) < 4.78 is 26.3. The highest BCUT2D eigenvalue weighted by Gasteiger charge is 2.23. The summed E-state index contributed by atoms with van der Waals surface area (Å²) in [6, 6.07) is 0. The van der Waals surface area contributed by atoms with E-state index in [-0.39, 0.29) is 32.1 Å². The zero-order valence-corrected chi connectivity index (χ0v) is 26.9. The number of aliphatic hydroxyl groups excluding tert-OH is 1.